The number of nitrogens with one attached hydrogen (secondary N) is 2. The monoisotopic (exact) mass is 358 g/mol. The molecule has 1 aromatic heterocycles. The third kappa shape index (κ3) is 2.90. The van der Waals surface area contributed by atoms with Crippen LogP contribution >= 0.6 is 0 Å². The van der Waals surface area contributed by atoms with Gasteiger partial charge >= 0.3 is 12.0 Å². The smallest absolute Gasteiger partial charge is 0.329 e. The first-order valence-corrected chi connectivity index (χ1v) is 8.94. The molecule has 4 rings (SSSR count). The minimum absolute atomic E-state index is 0.173. The summed E-state index contributed by atoms with van der Waals surface area (Å²) in [6.07, 6.45) is 2.21. The van der Waals surface area contributed by atoms with Crippen LogP contribution in [0.25, 0.3) is 11.0 Å². The normalized spacial score (nSPS) is 22.5. The first kappa shape index (κ1) is 16.8. The number of hydrogen-bond acceptors (Lipinski definition) is 4. The minimum atomic E-state index is -1.25. The van der Waals surface area contributed by atoms with Crippen molar-refractivity contribution in [1.29, 1.82) is 0 Å². The van der Waals surface area contributed by atoms with E-state index in [1.807, 2.05) is 24.3 Å². The number of rotatable bonds is 3. The predicted octanol–water partition coefficient (Wildman–Crippen LogP) is 2.04. The lowest BCUT2D eigenvalue weighted by atomic mass is 9.90. The van der Waals surface area contributed by atoms with E-state index in [2.05, 4.69) is 15.3 Å². The van der Waals surface area contributed by atoms with Crippen molar-refractivity contribution < 1.29 is 19.4 Å². The zero-order valence-corrected chi connectivity index (χ0v) is 14.4. The molecule has 138 valence electrons. The Morgan fingerprint density at radius 3 is 2.81 bits per heavy atom. The highest BCUT2D eigenvalue weighted by Gasteiger charge is 2.44. The van der Waals surface area contributed by atoms with Gasteiger partial charge in [0.25, 0.3) is 0 Å². The largest absolute Gasteiger partial charge is 0.480 e. The number of urea groups is 1. The van der Waals surface area contributed by atoms with Crippen molar-refractivity contribution in [3.8, 4) is 0 Å². The molecule has 26 heavy (non-hydrogen) atoms. The second-order valence-corrected chi connectivity index (χ2v) is 6.92. The maximum absolute atomic E-state index is 12.9. The number of ether oxygens (including phenoxy) is 1. The van der Waals surface area contributed by atoms with Gasteiger partial charge in [0.1, 0.15) is 11.4 Å². The SMILES string of the molecule is O=C(NC1(C(=O)O)CCOCC1)N1CCC[C@@H]1c1nc2ccccc2[nH]1. The Hall–Kier alpha value is -2.61. The van der Waals surface area contributed by atoms with Crippen molar-refractivity contribution in [2.45, 2.75) is 37.3 Å². The first-order chi connectivity index (χ1) is 12.6. The maximum Gasteiger partial charge on any atom is 0.329 e. The van der Waals surface area contributed by atoms with Gasteiger partial charge in [-0.3, -0.25) is 0 Å². The molecule has 2 aliphatic heterocycles. The number of H-pyrrole nitrogens is 1. The second-order valence-electron chi connectivity index (χ2n) is 6.92. The number of likely N-dealkylation sites (tertiary alicyclic amines) is 1. The van der Waals surface area contributed by atoms with Gasteiger partial charge in [-0.25, -0.2) is 14.6 Å². The molecular formula is C18H22N4O4. The minimum Gasteiger partial charge on any atom is -0.480 e. The zero-order valence-electron chi connectivity index (χ0n) is 14.4. The Bertz CT molecular complexity index is 794. The van der Waals surface area contributed by atoms with Crippen LogP contribution in [0, 0.1) is 0 Å². The van der Waals surface area contributed by atoms with E-state index in [9.17, 15) is 14.7 Å². The number of imidazole rings is 1. The Morgan fingerprint density at radius 1 is 1.31 bits per heavy atom. The molecule has 3 N–H and O–H groups in total. The fraction of sp³-hybridized carbons (Fsp3) is 0.500. The summed E-state index contributed by atoms with van der Waals surface area (Å²) in [5, 5.41) is 12.4. The Morgan fingerprint density at radius 2 is 2.08 bits per heavy atom. The molecule has 0 unspecified atom stereocenters. The number of aliphatic carboxylic acids is 1. The van der Waals surface area contributed by atoms with E-state index >= 15 is 0 Å². The molecule has 1 atom stereocenters. The van der Waals surface area contributed by atoms with Gasteiger partial charge < -0.3 is 25.0 Å². The van der Waals surface area contributed by atoms with Crippen molar-refractivity contribution in [2.24, 2.45) is 0 Å². The van der Waals surface area contributed by atoms with Gasteiger partial charge in [-0.05, 0) is 25.0 Å². The standard InChI is InChI=1S/C18H22N4O4/c23-16(24)18(7-10-26-11-8-18)21-17(25)22-9-3-6-14(22)15-19-12-4-1-2-5-13(12)20-15/h1-2,4-5,14H,3,6-11H2,(H,19,20)(H,21,25)(H,23,24)/t14-/m1/s1. The topological polar surface area (TPSA) is 108 Å². The zero-order chi connectivity index (χ0) is 18.1. The maximum atomic E-state index is 12.9. The molecular weight excluding hydrogens is 336 g/mol. The van der Waals surface area contributed by atoms with Crippen LogP contribution in [0.1, 0.15) is 37.5 Å². The van der Waals surface area contributed by atoms with Gasteiger partial charge in [0.15, 0.2) is 0 Å². The average Bonchev–Trinajstić information content (AvgIpc) is 3.29. The summed E-state index contributed by atoms with van der Waals surface area (Å²) in [6.45, 7) is 1.25. The summed E-state index contributed by atoms with van der Waals surface area (Å²) in [6, 6.07) is 7.22. The van der Waals surface area contributed by atoms with Crippen LogP contribution in [0.15, 0.2) is 24.3 Å². The lowest BCUT2D eigenvalue weighted by Crippen LogP contribution is -2.60. The van der Waals surface area contributed by atoms with Crippen LogP contribution in [-0.4, -0.2) is 57.3 Å². The quantitative estimate of drug-likeness (QED) is 0.778. The van der Waals surface area contributed by atoms with E-state index in [0.717, 1.165) is 29.7 Å². The van der Waals surface area contributed by atoms with E-state index in [-0.39, 0.29) is 24.9 Å². The molecule has 2 aliphatic rings. The van der Waals surface area contributed by atoms with Gasteiger partial charge in [-0.1, -0.05) is 12.1 Å². The molecule has 0 aliphatic carbocycles. The van der Waals surface area contributed by atoms with Crippen LogP contribution < -0.4 is 5.32 Å². The van der Waals surface area contributed by atoms with Gasteiger partial charge in [0.05, 0.1) is 17.1 Å². The number of carboxylic acids is 1. The van der Waals surface area contributed by atoms with E-state index in [4.69, 9.17) is 4.74 Å². The first-order valence-electron chi connectivity index (χ1n) is 8.94. The van der Waals surface area contributed by atoms with Gasteiger partial charge in [-0.15, -0.1) is 0 Å². The fourth-order valence-corrected chi connectivity index (χ4v) is 3.81. The van der Waals surface area contributed by atoms with Crippen LogP contribution in [0.2, 0.25) is 0 Å². The summed E-state index contributed by atoms with van der Waals surface area (Å²) in [4.78, 5) is 34.3. The summed E-state index contributed by atoms with van der Waals surface area (Å²) >= 11 is 0. The number of para-hydroxylation sites is 2. The lowest BCUT2D eigenvalue weighted by molar-refractivity contribution is -0.148. The molecule has 8 heteroatoms. The number of carboxylic acid groups (broad SMARTS) is 1. The Balaban J connectivity index is 1.55. The van der Waals surface area contributed by atoms with Crippen LogP contribution in [-0.2, 0) is 9.53 Å². The molecule has 0 spiro atoms. The number of fused-ring (bicyclic) bond motifs is 1. The third-order valence-electron chi connectivity index (χ3n) is 5.34. The van der Waals surface area contributed by atoms with E-state index < -0.39 is 11.5 Å². The van der Waals surface area contributed by atoms with Crippen molar-refractivity contribution in [2.75, 3.05) is 19.8 Å². The summed E-state index contributed by atoms with van der Waals surface area (Å²) in [5.41, 5.74) is 0.540. The number of carbonyl (C=O) groups is 2. The Labute approximate surface area is 150 Å². The molecule has 2 aromatic rings. The molecule has 8 nitrogen and oxygen atoms in total. The Kier molecular flexibility index (Phi) is 4.28. The van der Waals surface area contributed by atoms with Crippen molar-refractivity contribution in [1.82, 2.24) is 20.2 Å². The highest BCUT2D eigenvalue weighted by molar-refractivity contribution is 5.86. The number of benzene rings is 1. The molecule has 0 saturated carbocycles. The number of carbonyl (C=O) groups excluding carboxylic acids is 1. The van der Waals surface area contributed by atoms with Crippen LogP contribution in [0.4, 0.5) is 4.79 Å². The second kappa shape index (κ2) is 6.60. The van der Waals surface area contributed by atoms with Gasteiger partial charge in [-0.2, -0.15) is 0 Å². The molecule has 0 radical (unpaired) electrons. The third-order valence-corrected chi connectivity index (χ3v) is 5.34. The lowest BCUT2D eigenvalue weighted by Gasteiger charge is -2.36. The highest BCUT2D eigenvalue weighted by atomic mass is 16.5. The summed E-state index contributed by atoms with van der Waals surface area (Å²) < 4.78 is 5.26. The van der Waals surface area contributed by atoms with Gasteiger partial charge in [0, 0.05) is 32.6 Å². The summed E-state index contributed by atoms with van der Waals surface area (Å²) in [7, 11) is 0. The molecule has 2 fully saturated rings. The average molecular weight is 358 g/mol. The molecule has 0 bridgehead atoms. The molecule has 3 heterocycles. The van der Waals surface area contributed by atoms with E-state index in [1.165, 1.54) is 0 Å². The number of aromatic nitrogens is 2. The number of nitrogens with zero attached hydrogens (tertiary/aromatic N) is 2. The summed E-state index contributed by atoms with van der Waals surface area (Å²) in [5.74, 6) is -0.260. The highest BCUT2D eigenvalue weighted by Crippen LogP contribution is 2.32. The van der Waals surface area contributed by atoms with Crippen molar-refractivity contribution >= 4 is 23.0 Å². The number of amides is 2. The van der Waals surface area contributed by atoms with E-state index in [1.54, 1.807) is 4.90 Å². The van der Waals surface area contributed by atoms with Crippen molar-refractivity contribution in [3.63, 3.8) is 0 Å². The van der Waals surface area contributed by atoms with Crippen LogP contribution in [0.5, 0.6) is 0 Å². The fourth-order valence-electron chi connectivity index (χ4n) is 3.81. The van der Waals surface area contributed by atoms with Crippen molar-refractivity contribution in [3.05, 3.63) is 30.1 Å². The number of hydrogen-bond donors (Lipinski definition) is 3. The molecule has 2 saturated heterocycles. The molecule has 1 aromatic carbocycles. The number of aromatic amines is 1. The van der Waals surface area contributed by atoms with E-state index in [0.29, 0.717) is 19.8 Å². The van der Waals surface area contributed by atoms with Crippen LogP contribution in [0.3, 0.4) is 0 Å². The molecule has 2 amide bonds. The predicted molar refractivity (Wildman–Crippen MR) is 93.7 cm³/mol. The van der Waals surface area contributed by atoms with Gasteiger partial charge in [0.2, 0.25) is 0 Å².